The number of rotatable bonds is 8. The lowest BCUT2D eigenvalue weighted by molar-refractivity contribution is -0.138. The highest BCUT2D eigenvalue weighted by atomic mass is 16.5. The van der Waals surface area contributed by atoms with Crippen molar-refractivity contribution in [2.45, 2.75) is 32.8 Å². The molecule has 1 aromatic carbocycles. The standard InChI is InChI=1S/C23H24N4O4/c1-16-4-2-12-26-14-18(25-22(16)26)15-31-19-7-5-17(6-8-19)23(30)24-11-3-13-27-20(28)9-10-21(27)29/h2,4-8,12,14H,3,9-11,13,15H2,1H3,(H,24,30). The number of carbonyl (C=O) groups is 3. The molecule has 1 aliphatic rings. The molecule has 31 heavy (non-hydrogen) atoms. The van der Waals surface area contributed by atoms with Crippen LogP contribution in [0, 0.1) is 6.92 Å². The highest BCUT2D eigenvalue weighted by molar-refractivity contribution is 6.01. The Labute approximate surface area is 179 Å². The van der Waals surface area contributed by atoms with E-state index in [0.717, 1.165) is 16.9 Å². The van der Waals surface area contributed by atoms with Crippen molar-refractivity contribution >= 4 is 23.4 Å². The zero-order chi connectivity index (χ0) is 21.8. The van der Waals surface area contributed by atoms with Crippen LogP contribution in [-0.2, 0) is 16.2 Å². The summed E-state index contributed by atoms with van der Waals surface area (Å²) in [7, 11) is 0. The lowest BCUT2D eigenvalue weighted by Crippen LogP contribution is -2.33. The largest absolute Gasteiger partial charge is 0.487 e. The molecule has 1 aliphatic heterocycles. The molecule has 0 saturated carbocycles. The van der Waals surface area contributed by atoms with Gasteiger partial charge in [-0.1, -0.05) is 6.07 Å². The minimum Gasteiger partial charge on any atom is -0.487 e. The van der Waals surface area contributed by atoms with Crippen LogP contribution in [0.15, 0.2) is 48.8 Å². The van der Waals surface area contributed by atoms with E-state index < -0.39 is 0 Å². The van der Waals surface area contributed by atoms with Gasteiger partial charge < -0.3 is 14.5 Å². The summed E-state index contributed by atoms with van der Waals surface area (Å²) in [4.78, 5) is 41.3. The van der Waals surface area contributed by atoms with E-state index in [9.17, 15) is 14.4 Å². The van der Waals surface area contributed by atoms with Gasteiger partial charge in [0.1, 0.15) is 18.0 Å². The normalized spacial score (nSPS) is 13.8. The maximum atomic E-state index is 12.3. The average molecular weight is 420 g/mol. The zero-order valence-electron chi connectivity index (χ0n) is 17.3. The van der Waals surface area contributed by atoms with Gasteiger partial charge in [0, 0.05) is 43.9 Å². The SMILES string of the molecule is Cc1cccn2cc(COc3ccc(C(=O)NCCCN4C(=O)CCC4=O)cc3)nc12. The van der Waals surface area contributed by atoms with E-state index in [1.54, 1.807) is 24.3 Å². The Kier molecular flexibility index (Phi) is 5.97. The Bertz CT molecular complexity index is 1100. The third kappa shape index (κ3) is 4.74. The third-order valence-electron chi connectivity index (χ3n) is 5.23. The number of nitrogens with zero attached hydrogens (tertiary/aromatic N) is 3. The van der Waals surface area contributed by atoms with Gasteiger partial charge in [-0.15, -0.1) is 0 Å². The highest BCUT2D eigenvalue weighted by Crippen LogP contribution is 2.16. The van der Waals surface area contributed by atoms with Gasteiger partial charge in [0.15, 0.2) is 0 Å². The summed E-state index contributed by atoms with van der Waals surface area (Å²) in [5, 5.41) is 2.81. The van der Waals surface area contributed by atoms with Crippen molar-refractivity contribution in [3.63, 3.8) is 0 Å². The quantitative estimate of drug-likeness (QED) is 0.446. The number of imidazole rings is 1. The number of carbonyl (C=O) groups excluding carboxylic acids is 3. The highest BCUT2D eigenvalue weighted by Gasteiger charge is 2.27. The molecule has 4 rings (SSSR count). The first-order chi connectivity index (χ1) is 15.0. The maximum Gasteiger partial charge on any atom is 0.251 e. The van der Waals surface area contributed by atoms with E-state index in [4.69, 9.17) is 4.74 Å². The molecule has 0 bridgehead atoms. The molecule has 0 spiro atoms. The number of aromatic nitrogens is 2. The van der Waals surface area contributed by atoms with Crippen molar-refractivity contribution in [3.05, 3.63) is 65.6 Å². The monoisotopic (exact) mass is 420 g/mol. The second-order valence-corrected chi connectivity index (χ2v) is 7.52. The lowest BCUT2D eigenvalue weighted by Gasteiger charge is -2.13. The molecule has 8 nitrogen and oxygen atoms in total. The van der Waals surface area contributed by atoms with E-state index in [1.807, 2.05) is 35.9 Å². The number of pyridine rings is 1. The van der Waals surface area contributed by atoms with Crippen molar-refractivity contribution in [1.82, 2.24) is 19.6 Å². The third-order valence-corrected chi connectivity index (χ3v) is 5.23. The molecule has 1 N–H and O–H groups in total. The van der Waals surface area contributed by atoms with Crippen LogP contribution in [0.25, 0.3) is 5.65 Å². The molecule has 160 valence electrons. The fourth-order valence-corrected chi connectivity index (χ4v) is 3.55. The second-order valence-electron chi connectivity index (χ2n) is 7.52. The molecule has 0 unspecified atom stereocenters. The van der Waals surface area contributed by atoms with Gasteiger partial charge >= 0.3 is 0 Å². The molecule has 2 aromatic heterocycles. The predicted octanol–water partition coefficient (Wildman–Crippen LogP) is 2.49. The summed E-state index contributed by atoms with van der Waals surface area (Å²) in [5.41, 5.74) is 3.35. The van der Waals surface area contributed by atoms with Crippen molar-refractivity contribution in [3.8, 4) is 5.75 Å². The van der Waals surface area contributed by atoms with Crippen LogP contribution in [0.5, 0.6) is 5.75 Å². The summed E-state index contributed by atoms with van der Waals surface area (Å²) in [6, 6.07) is 10.9. The summed E-state index contributed by atoms with van der Waals surface area (Å²) < 4.78 is 7.76. The van der Waals surface area contributed by atoms with E-state index >= 15 is 0 Å². The number of aryl methyl sites for hydroxylation is 1. The fraction of sp³-hybridized carbons (Fsp3) is 0.304. The summed E-state index contributed by atoms with van der Waals surface area (Å²) in [6.45, 7) is 3.08. The van der Waals surface area contributed by atoms with Crippen LogP contribution in [-0.4, -0.2) is 45.1 Å². The molecule has 3 amide bonds. The predicted molar refractivity (Wildman–Crippen MR) is 114 cm³/mol. The van der Waals surface area contributed by atoms with Crippen LogP contribution >= 0.6 is 0 Å². The minimum atomic E-state index is -0.207. The van der Waals surface area contributed by atoms with Crippen LogP contribution in [0.1, 0.15) is 40.9 Å². The Hall–Kier alpha value is -3.68. The molecular weight excluding hydrogens is 396 g/mol. The van der Waals surface area contributed by atoms with Gasteiger partial charge in [-0.05, 0) is 49.2 Å². The Morgan fingerprint density at radius 2 is 1.87 bits per heavy atom. The molecular formula is C23H24N4O4. The number of benzene rings is 1. The molecule has 3 heterocycles. The minimum absolute atomic E-state index is 0.134. The number of likely N-dealkylation sites (tertiary alicyclic amines) is 1. The Morgan fingerprint density at radius 3 is 2.58 bits per heavy atom. The van der Waals surface area contributed by atoms with E-state index in [1.165, 1.54) is 4.90 Å². The Morgan fingerprint density at radius 1 is 1.13 bits per heavy atom. The van der Waals surface area contributed by atoms with Crippen LogP contribution in [0.4, 0.5) is 0 Å². The molecule has 3 aromatic rings. The first kappa shape index (κ1) is 20.6. The lowest BCUT2D eigenvalue weighted by atomic mass is 10.2. The number of imide groups is 1. The van der Waals surface area contributed by atoms with Crippen LogP contribution in [0.2, 0.25) is 0 Å². The van der Waals surface area contributed by atoms with E-state index in [-0.39, 0.29) is 30.6 Å². The molecule has 1 saturated heterocycles. The van der Waals surface area contributed by atoms with Gasteiger partial charge in [-0.25, -0.2) is 4.98 Å². The molecule has 0 atom stereocenters. The topological polar surface area (TPSA) is 93.0 Å². The second kappa shape index (κ2) is 8.99. The van der Waals surface area contributed by atoms with Crippen molar-refractivity contribution in [2.24, 2.45) is 0 Å². The van der Waals surface area contributed by atoms with Gasteiger partial charge in [0.25, 0.3) is 5.91 Å². The molecule has 1 fully saturated rings. The fourth-order valence-electron chi connectivity index (χ4n) is 3.55. The summed E-state index contributed by atoms with van der Waals surface area (Å²) in [6.07, 6.45) is 5.00. The van der Waals surface area contributed by atoms with Gasteiger partial charge in [-0.2, -0.15) is 0 Å². The summed E-state index contributed by atoms with van der Waals surface area (Å²) >= 11 is 0. The smallest absolute Gasteiger partial charge is 0.251 e. The van der Waals surface area contributed by atoms with E-state index in [0.29, 0.717) is 37.4 Å². The number of fused-ring (bicyclic) bond motifs is 1. The van der Waals surface area contributed by atoms with Crippen molar-refractivity contribution in [2.75, 3.05) is 13.1 Å². The molecule has 8 heteroatoms. The first-order valence-electron chi connectivity index (χ1n) is 10.3. The number of nitrogens with one attached hydrogen (secondary N) is 1. The zero-order valence-corrected chi connectivity index (χ0v) is 17.3. The van der Waals surface area contributed by atoms with E-state index in [2.05, 4.69) is 10.3 Å². The number of hydrogen-bond donors (Lipinski definition) is 1. The number of hydrogen-bond acceptors (Lipinski definition) is 5. The Balaban J connectivity index is 1.24. The van der Waals surface area contributed by atoms with Gasteiger partial charge in [-0.3, -0.25) is 19.3 Å². The van der Waals surface area contributed by atoms with Crippen LogP contribution in [0.3, 0.4) is 0 Å². The molecule has 0 aliphatic carbocycles. The van der Waals surface area contributed by atoms with Crippen LogP contribution < -0.4 is 10.1 Å². The average Bonchev–Trinajstić information content (AvgIpc) is 3.34. The maximum absolute atomic E-state index is 12.3. The van der Waals surface area contributed by atoms with Crippen molar-refractivity contribution < 1.29 is 19.1 Å². The van der Waals surface area contributed by atoms with Gasteiger partial charge in [0.2, 0.25) is 11.8 Å². The molecule has 0 radical (unpaired) electrons. The number of amides is 3. The van der Waals surface area contributed by atoms with Gasteiger partial charge in [0.05, 0.1) is 5.69 Å². The van der Waals surface area contributed by atoms with Crippen molar-refractivity contribution in [1.29, 1.82) is 0 Å². The first-order valence-corrected chi connectivity index (χ1v) is 10.3. The number of ether oxygens (including phenoxy) is 1. The summed E-state index contributed by atoms with van der Waals surface area (Å²) in [5.74, 6) is 0.175.